The van der Waals surface area contributed by atoms with E-state index in [1.54, 1.807) is 0 Å². The summed E-state index contributed by atoms with van der Waals surface area (Å²) in [5.41, 5.74) is 1.71. The number of unbranched alkanes of at least 4 members (excludes halogenated alkanes) is 3. The van der Waals surface area contributed by atoms with Crippen LogP contribution in [0.25, 0.3) is 0 Å². The second-order valence-electron chi connectivity index (χ2n) is 7.53. The summed E-state index contributed by atoms with van der Waals surface area (Å²) in [5, 5.41) is 0. The van der Waals surface area contributed by atoms with Gasteiger partial charge in [0.1, 0.15) is 5.41 Å². The van der Waals surface area contributed by atoms with Crippen LogP contribution >= 0.6 is 0 Å². The van der Waals surface area contributed by atoms with Gasteiger partial charge < -0.3 is 4.74 Å². The smallest absolute Gasteiger partial charge is 0.320 e. The quantitative estimate of drug-likeness (QED) is 0.307. The molecular formula is C23H30O2. The molecule has 0 N–H and O–H groups in total. The van der Waals surface area contributed by atoms with Crippen molar-refractivity contribution in [1.82, 2.24) is 0 Å². The van der Waals surface area contributed by atoms with E-state index in [2.05, 4.69) is 43.0 Å². The molecule has 0 aromatic rings. The highest BCUT2D eigenvalue weighted by molar-refractivity contribution is 5.90. The fraction of sp³-hybridized carbons (Fsp3) is 0.522. The maximum Gasteiger partial charge on any atom is 0.320 e. The van der Waals surface area contributed by atoms with Crippen LogP contribution in [0.2, 0.25) is 0 Å². The molecule has 0 aromatic heterocycles. The monoisotopic (exact) mass is 338 g/mol. The third-order valence-corrected chi connectivity index (χ3v) is 6.10. The number of esters is 1. The molecule has 2 atom stereocenters. The number of ether oxygens (including phenoxy) is 1. The first-order valence-corrected chi connectivity index (χ1v) is 9.69. The number of hydrogen-bond donors (Lipinski definition) is 0. The van der Waals surface area contributed by atoms with Crippen molar-refractivity contribution in [3.05, 3.63) is 60.3 Å². The lowest BCUT2D eigenvalue weighted by atomic mass is 9.71. The Hall–Kier alpha value is -1.83. The fourth-order valence-corrected chi connectivity index (χ4v) is 4.72. The van der Waals surface area contributed by atoms with Crippen molar-refractivity contribution in [3.63, 3.8) is 0 Å². The van der Waals surface area contributed by atoms with Gasteiger partial charge in [-0.25, -0.2) is 0 Å². The van der Waals surface area contributed by atoms with Crippen molar-refractivity contribution in [3.8, 4) is 0 Å². The second-order valence-corrected chi connectivity index (χ2v) is 7.53. The Morgan fingerprint density at radius 3 is 2.60 bits per heavy atom. The van der Waals surface area contributed by atoms with Gasteiger partial charge in [-0.15, -0.1) is 6.58 Å². The number of fused-ring (bicyclic) bond motifs is 2. The molecule has 0 aliphatic heterocycles. The highest BCUT2D eigenvalue weighted by Gasteiger charge is 2.51. The maximum absolute atomic E-state index is 12.7. The van der Waals surface area contributed by atoms with Crippen LogP contribution in [-0.2, 0) is 9.53 Å². The molecular weight excluding hydrogens is 308 g/mol. The summed E-state index contributed by atoms with van der Waals surface area (Å²) in [7, 11) is 1.51. The van der Waals surface area contributed by atoms with Gasteiger partial charge in [0.15, 0.2) is 0 Å². The number of carbonyl (C=O) groups excluding carboxylic acids is 1. The van der Waals surface area contributed by atoms with Crippen LogP contribution in [0.5, 0.6) is 0 Å². The maximum atomic E-state index is 12.7. The zero-order valence-corrected chi connectivity index (χ0v) is 15.4. The summed E-state index contributed by atoms with van der Waals surface area (Å²) >= 11 is 0. The van der Waals surface area contributed by atoms with Crippen molar-refractivity contribution in [1.29, 1.82) is 0 Å². The molecule has 3 aliphatic carbocycles. The Balaban J connectivity index is 1.64. The van der Waals surface area contributed by atoms with Gasteiger partial charge in [-0.1, -0.05) is 49.0 Å². The first-order chi connectivity index (χ1) is 12.2. The lowest BCUT2D eigenvalue weighted by molar-refractivity contribution is -0.148. The molecule has 0 saturated heterocycles. The minimum absolute atomic E-state index is 0.0912. The number of hydrogen-bond acceptors (Lipinski definition) is 2. The summed E-state index contributed by atoms with van der Waals surface area (Å²) in [4.78, 5) is 12.7. The van der Waals surface area contributed by atoms with Crippen LogP contribution in [0.4, 0.5) is 0 Å². The topological polar surface area (TPSA) is 26.3 Å². The molecule has 1 fully saturated rings. The first kappa shape index (κ1) is 18.0. The minimum atomic E-state index is -0.528. The predicted octanol–water partition coefficient (Wildman–Crippen LogP) is 5.69. The van der Waals surface area contributed by atoms with E-state index < -0.39 is 5.41 Å². The summed E-state index contributed by atoms with van der Waals surface area (Å²) in [6.07, 6.45) is 24.5. The zero-order chi connectivity index (χ0) is 17.7. The third kappa shape index (κ3) is 3.44. The molecule has 0 amide bonds. The average molecular weight is 338 g/mol. The van der Waals surface area contributed by atoms with Gasteiger partial charge in [0.25, 0.3) is 0 Å². The lowest BCUT2D eigenvalue weighted by Gasteiger charge is -2.31. The second kappa shape index (κ2) is 8.03. The number of allylic oxidation sites excluding steroid dienone is 7. The summed E-state index contributed by atoms with van der Waals surface area (Å²) in [6, 6.07) is 0. The Kier molecular flexibility index (Phi) is 5.78. The first-order valence-electron chi connectivity index (χ1n) is 9.69. The zero-order valence-electron chi connectivity index (χ0n) is 15.4. The van der Waals surface area contributed by atoms with Gasteiger partial charge in [-0.05, 0) is 67.9 Å². The summed E-state index contributed by atoms with van der Waals surface area (Å²) in [6.45, 7) is 3.78. The molecule has 134 valence electrons. The molecule has 25 heavy (non-hydrogen) atoms. The van der Waals surface area contributed by atoms with E-state index in [1.807, 2.05) is 6.08 Å². The Bertz CT molecular complexity index is 610. The van der Waals surface area contributed by atoms with E-state index in [0.29, 0.717) is 11.8 Å². The molecule has 2 bridgehead atoms. The lowest BCUT2D eigenvalue weighted by Crippen LogP contribution is -2.34. The normalized spacial score (nSPS) is 26.1. The molecule has 2 nitrogen and oxygen atoms in total. The van der Waals surface area contributed by atoms with E-state index in [-0.39, 0.29) is 5.97 Å². The Morgan fingerprint density at radius 1 is 1.24 bits per heavy atom. The molecule has 0 unspecified atom stereocenters. The highest BCUT2D eigenvalue weighted by Crippen LogP contribution is 2.54. The molecule has 0 radical (unpaired) electrons. The SMILES string of the molecule is C=CCCCCC=C[C@H]1CCC[C@@H]1CC1(C(=O)OC)C2=CC=C1C=C2. The molecule has 3 aliphatic rings. The Labute approximate surface area is 152 Å². The van der Waals surface area contributed by atoms with Gasteiger partial charge in [0.2, 0.25) is 0 Å². The number of rotatable bonds is 9. The van der Waals surface area contributed by atoms with Gasteiger partial charge in [0, 0.05) is 0 Å². The molecule has 0 spiro atoms. The molecule has 2 heteroatoms. The van der Waals surface area contributed by atoms with Crippen molar-refractivity contribution in [2.24, 2.45) is 17.3 Å². The molecule has 0 heterocycles. The van der Waals surface area contributed by atoms with Gasteiger partial charge >= 0.3 is 5.97 Å². The van der Waals surface area contributed by atoms with Gasteiger partial charge in [-0.3, -0.25) is 4.79 Å². The Morgan fingerprint density at radius 2 is 1.96 bits per heavy atom. The van der Waals surface area contributed by atoms with Crippen LogP contribution in [0, 0.1) is 17.3 Å². The third-order valence-electron chi connectivity index (χ3n) is 6.10. The summed E-state index contributed by atoms with van der Waals surface area (Å²) in [5.74, 6) is 1.07. The fourth-order valence-electron chi connectivity index (χ4n) is 4.72. The van der Waals surface area contributed by atoms with E-state index >= 15 is 0 Å². The highest BCUT2D eigenvalue weighted by atomic mass is 16.5. The average Bonchev–Trinajstić information content (AvgIpc) is 3.32. The van der Waals surface area contributed by atoms with Crippen LogP contribution in [-0.4, -0.2) is 13.1 Å². The summed E-state index contributed by atoms with van der Waals surface area (Å²) < 4.78 is 5.21. The van der Waals surface area contributed by atoms with Crippen LogP contribution in [0.3, 0.4) is 0 Å². The van der Waals surface area contributed by atoms with Crippen molar-refractivity contribution in [2.75, 3.05) is 7.11 Å². The number of carbonyl (C=O) groups is 1. The molecule has 0 aromatic carbocycles. The van der Waals surface area contributed by atoms with Crippen LogP contribution in [0.15, 0.2) is 60.3 Å². The van der Waals surface area contributed by atoms with E-state index in [0.717, 1.165) is 30.4 Å². The molecule has 1 saturated carbocycles. The van der Waals surface area contributed by atoms with Crippen molar-refractivity contribution >= 4 is 5.97 Å². The van der Waals surface area contributed by atoms with Crippen LogP contribution < -0.4 is 0 Å². The largest absolute Gasteiger partial charge is 0.468 e. The van der Waals surface area contributed by atoms with Crippen molar-refractivity contribution in [2.45, 2.75) is 51.4 Å². The van der Waals surface area contributed by atoms with E-state index in [1.165, 1.54) is 39.2 Å². The minimum Gasteiger partial charge on any atom is -0.468 e. The van der Waals surface area contributed by atoms with Crippen LogP contribution in [0.1, 0.15) is 51.4 Å². The van der Waals surface area contributed by atoms with Gasteiger partial charge in [0.05, 0.1) is 7.11 Å². The van der Waals surface area contributed by atoms with Gasteiger partial charge in [-0.2, -0.15) is 0 Å². The predicted molar refractivity (Wildman–Crippen MR) is 103 cm³/mol. The van der Waals surface area contributed by atoms with E-state index in [9.17, 15) is 4.79 Å². The standard InChI is InChI=1S/C23H30O2/c1-3-4-5-6-7-8-10-18-11-9-12-19(18)17-23(22(24)25-2)20-13-14-21(23)16-15-20/h3,8,10,13-16,18-19H,1,4-7,9,11-12,17H2,2H3/t18-,19+/m0/s1. The van der Waals surface area contributed by atoms with Crippen molar-refractivity contribution < 1.29 is 9.53 Å². The molecule has 3 rings (SSSR count). The number of methoxy groups -OCH3 is 1. The van der Waals surface area contributed by atoms with E-state index in [4.69, 9.17) is 4.74 Å².